The van der Waals surface area contributed by atoms with Crippen LogP contribution in [0.2, 0.25) is 0 Å². The Balaban J connectivity index is 2.20. The van der Waals surface area contributed by atoms with E-state index in [1.807, 2.05) is 26.8 Å². The molecule has 0 aliphatic carbocycles. The lowest BCUT2D eigenvalue weighted by Gasteiger charge is -2.11. The van der Waals surface area contributed by atoms with Gasteiger partial charge in [0.05, 0.1) is 18.8 Å². The van der Waals surface area contributed by atoms with Crippen LogP contribution in [0.3, 0.4) is 0 Å². The van der Waals surface area contributed by atoms with E-state index in [9.17, 15) is 4.79 Å². The maximum Gasteiger partial charge on any atom is 0.248 e. The van der Waals surface area contributed by atoms with Crippen molar-refractivity contribution in [2.45, 2.75) is 33.9 Å². The van der Waals surface area contributed by atoms with E-state index in [-0.39, 0.29) is 6.61 Å². The van der Waals surface area contributed by atoms with Gasteiger partial charge < -0.3 is 16.2 Å². The predicted molar refractivity (Wildman–Crippen MR) is 85.8 cm³/mol. The molecule has 0 aliphatic rings. The number of aliphatic hydroxyl groups is 1. The lowest BCUT2D eigenvalue weighted by Crippen LogP contribution is -2.12. The normalized spacial score (nSPS) is 10.7. The van der Waals surface area contributed by atoms with Crippen LogP contribution in [0, 0.1) is 20.8 Å². The third-order valence-electron chi connectivity index (χ3n) is 3.82. The van der Waals surface area contributed by atoms with E-state index >= 15 is 0 Å². The molecule has 1 aromatic carbocycles. The summed E-state index contributed by atoms with van der Waals surface area (Å²) in [4.78, 5) is 11.3. The van der Waals surface area contributed by atoms with Crippen molar-refractivity contribution in [1.29, 1.82) is 0 Å². The summed E-state index contributed by atoms with van der Waals surface area (Å²) in [7, 11) is 0. The zero-order chi connectivity index (χ0) is 16.3. The van der Waals surface area contributed by atoms with Gasteiger partial charge in [0.1, 0.15) is 0 Å². The number of aliphatic hydroxyl groups excluding tert-OH is 1. The Kier molecular flexibility index (Phi) is 4.82. The molecule has 1 amide bonds. The molecule has 118 valence electrons. The molecule has 0 radical (unpaired) electrons. The number of aromatic nitrogens is 2. The molecular weight excluding hydrogens is 280 g/mol. The summed E-state index contributed by atoms with van der Waals surface area (Å²) in [6.45, 7) is 7.07. The Bertz CT molecular complexity index is 692. The minimum Gasteiger partial charge on any atom is -0.394 e. The van der Waals surface area contributed by atoms with Crippen molar-refractivity contribution in [2.75, 3.05) is 11.9 Å². The van der Waals surface area contributed by atoms with Gasteiger partial charge in [-0.05, 0) is 38.5 Å². The Morgan fingerprint density at radius 2 is 2.09 bits per heavy atom. The molecule has 0 unspecified atom stereocenters. The van der Waals surface area contributed by atoms with Crippen molar-refractivity contribution >= 4 is 11.6 Å². The largest absolute Gasteiger partial charge is 0.394 e. The van der Waals surface area contributed by atoms with Gasteiger partial charge in [0, 0.05) is 29.1 Å². The third kappa shape index (κ3) is 3.28. The highest BCUT2D eigenvalue weighted by atomic mass is 16.3. The molecule has 1 heterocycles. The lowest BCUT2D eigenvalue weighted by atomic mass is 10.1. The Hall–Kier alpha value is -2.34. The van der Waals surface area contributed by atoms with Gasteiger partial charge in [-0.1, -0.05) is 6.07 Å². The third-order valence-corrected chi connectivity index (χ3v) is 3.82. The van der Waals surface area contributed by atoms with Gasteiger partial charge in [-0.25, -0.2) is 0 Å². The second kappa shape index (κ2) is 6.62. The number of nitrogens with one attached hydrogen (secondary N) is 1. The molecule has 0 fully saturated rings. The van der Waals surface area contributed by atoms with Gasteiger partial charge in [-0.2, -0.15) is 5.10 Å². The van der Waals surface area contributed by atoms with E-state index in [4.69, 9.17) is 10.8 Å². The molecule has 6 nitrogen and oxygen atoms in total. The van der Waals surface area contributed by atoms with E-state index < -0.39 is 5.91 Å². The van der Waals surface area contributed by atoms with Crippen LogP contribution >= 0.6 is 0 Å². The summed E-state index contributed by atoms with van der Waals surface area (Å²) in [5.41, 5.74) is 10.8. The number of nitrogens with two attached hydrogens (primary N) is 1. The number of rotatable bonds is 6. The smallest absolute Gasteiger partial charge is 0.248 e. The number of hydrogen-bond donors (Lipinski definition) is 3. The van der Waals surface area contributed by atoms with Crippen LogP contribution in [0.5, 0.6) is 0 Å². The molecule has 0 saturated heterocycles. The SMILES string of the molecule is Cc1ccc(C(N)=O)cc1NCc1c(C)nn(CCO)c1C. The Morgan fingerprint density at radius 1 is 1.36 bits per heavy atom. The van der Waals surface area contributed by atoms with Crippen LogP contribution in [0.4, 0.5) is 5.69 Å². The fourth-order valence-corrected chi connectivity index (χ4v) is 2.45. The highest BCUT2D eigenvalue weighted by molar-refractivity contribution is 5.94. The molecule has 4 N–H and O–H groups in total. The second-order valence-electron chi connectivity index (χ2n) is 5.34. The lowest BCUT2D eigenvalue weighted by molar-refractivity contribution is 0.100. The van der Waals surface area contributed by atoms with Crippen molar-refractivity contribution in [3.8, 4) is 0 Å². The summed E-state index contributed by atoms with van der Waals surface area (Å²) >= 11 is 0. The van der Waals surface area contributed by atoms with Gasteiger partial charge in [0.2, 0.25) is 5.91 Å². The summed E-state index contributed by atoms with van der Waals surface area (Å²) in [6.07, 6.45) is 0. The number of hydrogen-bond acceptors (Lipinski definition) is 4. The average molecular weight is 302 g/mol. The van der Waals surface area contributed by atoms with Crippen molar-refractivity contribution in [3.05, 3.63) is 46.3 Å². The molecule has 0 spiro atoms. The maximum absolute atomic E-state index is 11.3. The second-order valence-corrected chi connectivity index (χ2v) is 5.34. The molecular formula is C16H22N4O2. The molecule has 1 aromatic heterocycles. The summed E-state index contributed by atoms with van der Waals surface area (Å²) < 4.78 is 1.80. The number of anilines is 1. The van der Waals surface area contributed by atoms with E-state index in [1.54, 1.807) is 16.8 Å². The number of carbonyl (C=O) groups is 1. The van der Waals surface area contributed by atoms with Crippen LogP contribution in [0.25, 0.3) is 0 Å². The fourth-order valence-electron chi connectivity index (χ4n) is 2.45. The van der Waals surface area contributed by atoms with Gasteiger partial charge in [-0.15, -0.1) is 0 Å². The van der Waals surface area contributed by atoms with Crippen molar-refractivity contribution in [2.24, 2.45) is 5.73 Å². The van der Waals surface area contributed by atoms with E-state index in [0.29, 0.717) is 18.7 Å². The standard InChI is InChI=1S/C16H22N4O2/c1-10-4-5-13(16(17)22)8-15(10)18-9-14-11(2)19-20(6-7-21)12(14)3/h4-5,8,18,21H,6-7,9H2,1-3H3,(H2,17,22). The van der Waals surface area contributed by atoms with Crippen LogP contribution in [0.15, 0.2) is 18.2 Å². The van der Waals surface area contributed by atoms with Crippen LogP contribution in [0.1, 0.15) is 32.9 Å². The number of benzene rings is 1. The average Bonchev–Trinajstić information content (AvgIpc) is 2.73. The minimum atomic E-state index is -0.439. The maximum atomic E-state index is 11.3. The molecule has 0 aliphatic heterocycles. The molecule has 2 rings (SSSR count). The number of primary amides is 1. The number of carbonyl (C=O) groups excluding carboxylic acids is 1. The van der Waals surface area contributed by atoms with Gasteiger partial charge in [-0.3, -0.25) is 9.48 Å². The molecule has 6 heteroatoms. The zero-order valence-corrected chi connectivity index (χ0v) is 13.2. The van der Waals surface area contributed by atoms with Crippen molar-refractivity contribution in [3.63, 3.8) is 0 Å². The minimum absolute atomic E-state index is 0.0641. The van der Waals surface area contributed by atoms with Crippen LogP contribution < -0.4 is 11.1 Å². The summed E-state index contributed by atoms with van der Waals surface area (Å²) in [6, 6.07) is 5.36. The Labute approximate surface area is 129 Å². The van der Waals surface area contributed by atoms with E-state index in [1.165, 1.54) is 0 Å². The van der Waals surface area contributed by atoms with Crippen molar-refractivity contribution < 1.29 is 9.90 Å². The van der Waals surface area contributed by atoms with E-state index in [0.717, 1.165) is 28.2 Å². The molecule has 0 atom stereocenters. The quantitative estimate of drug-likeness (QED) is 0.754. The van der Waals surface area contributed by atoms with Gasteiger partial charge >= 0.3 is 0 Å². The monoisotopic (exact) mass is 302 g/mol. The molecule has 0 saturated carbocycles. The Morgan fingerprint density at radius 3 is 2.73 bits per heavy atom. The van der Waals surface area contributed by atoms with Crippen LogP contribution in [-0.4, -0.2) is 27.4 Å². The molecule has 2 aromatic rings. The first kappa shape index (κ1) is 16.0. The number of aryl methyl sites for hydroxylation is 2. The van der Waals surface area contributed by atoms with Gasteiger partial charge in [0.15, 0.2) is 0 Å². The van der Waals surface area contributed by atoms with Gasteiger partial charge in [0.25, 0.3) is 0 Å². The molecule has 22 heavy (non-hydrogen) atoms. The first-order chi connectivity index (χ1) is 10.4. The summed E-state index contributed by atoms with van der Waals surface area (Å²) in [5, 5.41) is 16.8. The highest BCUT2D eigenvalue weighted by Crippen LogP contribution is 2.20. The number of amides is 1. The topological polar surface area (TPSA) is 93.2 Å². The summed E-state index contributed by atoms with van der Waals surface area (Å²) in [5.74, 6) is -0.439. The molecule has 0 bridgehead atoms. The first-order valence-electron chi connectivity index (χ1n) is 7.22. The van der Waals surface area contributed by atoms with E-state index in [2.05, 4.69) is 10.4 Å². The van der Waals surface area contributed by atoms with Crippen molar-refractivity contribution in [1.82, 2.24) is 9.78 Å². The fraction of sp³-hybridized carbons (Fsp3) is 0.375. The van der Waals surface area contributed by atoms with Crippen LogP contribution in [-0.2, 0) is 13.1 Å². The zero-order valence-electron chi connectivity index (χ0n) is 13.2. The first-order valence-corrected chi connectivity index (χ1v) is 7.22. The predicted octanol–water partition coefficient (Wildman–Crippen LogP) is 1.51. The highest BCUT2D eigenvalue weighted by Gasteiger charge is 2.12. The number of nitrogens with zero attached hydrogens (tertiary/aromatic N) is 2.